The molecule has 1 aromatic heterocycles. The predicted molar refractivity (Wildman–Crippen MR) is 97.0 cm³/mol. The van der Waals surface area contributed by atoms with Gasteiger partial charge in [-0.25, -0.2) is 17.5 Å². The van der Waals surface area contributed by atoms with Crippen LogP contribution >= 0.6 is 11.6 Å². The third kappa shape index (κ3) is 4.96. The predicted octanol–water partition coefficient (Wildman–Crippen LogP) is 3.65. The maximum Gasteiger partial charge on any atom is 0.237 e. The van der Waals surface area contributed by atoms with Crippen molar-refractivity contribution in [1.82, 2.24) is 9.78 Å². The van der Waals surface area contributed by atoms with Crippen molar-refractivity contribution in [3.63, 3.8) is 0 Å². The Hall–Kier alpha value is -2.58. The van der Waals surface area contributed by atoms with Gasteiger partial charge in [0.25, 0.3) is 0 Å². The minimum atomic E-state index is -3.56. The third-order valence-corrected chi connectivity index (χ3v) is 4.91. The molecule has 0 unspecified atom stereocenters. The lowest BCUT2D eigenvalue weighted by molar-refractivity contribution is 0.221. The van der Waals surface area contributed by atoms with Crippen LogP contribution in [-0.4, -0.2) is 18.2 Å². The van der Waals surface area contributed by atoms with Crippen LogP contribution in [0.25, 0.3) is 0 Å². The van der Waals surface area contributed by atoms with Gasteiger partial charge >= 0.3 is 0 Å². The van der Waals surface area contributed by atoms with Crippen LogP contribution in [0, 0.1) is 5.82 Å². The smallest absolute Gasteiger partial charge is 0.237 e. The number of ether oxygens (including phenoxy) is 1. The molecule has 136 valence electrons. The van der Waals surface area contributed by atoms with Gasteiger partial charge in [0, 0.05) is 0 Å². The van der Waals surface area contributed by atoms with E-state index in [9.17, 15) is 12.8 Å². The van der Waals surface area contributed by atoms with E-state index in [-0.39, 0.29) is 17.5 Å². The largest absolute Gasteiger partial charge is 0.470 e. The van der Waals surface area contributed by atoms with Crippen LogP contribution < -0.4 is 9.46 Å². The Morgan fingerprint density at radius 3 is 2.69 bits per heavy atom. The quantitative estimate of drug-likeness (QED) is 0.662. The summed E-state index contributed by atoms with van der Waals surface area (Å²) in [7, 11) is -3.56. The number of aromatic nitrogens is 2. The Bertz CT molecular complexity index is 993. The highest BCUT2D eigenvalue weighted by atomic mass is 35.5. The number of hydrogen-bond donors (Lipinski definition) is 1. The van der Waals surface area contributed by atoms with Gasteiger partial charge in [0.05, 0.1) is 28.9 Å². The summed E-state index contributed by atoms with van der Waals surface area (Å²) >= 11 is 5.88. The standard InChI is InChI=1S/C17H15ClFN3O3S/c18-16-8-14(19)6-7-17(16)25-12-22-10-15(9-20-22)21-26(23,24)11-13-4-2-1-3-5-13/h1-10,21H,11-12H2. The number of nitrogens with zero attached hydrogens (tertiary/aromatic N) is 2. The molecule has 0 bridgehead atoms. The summed E-state index contributed by atoms with van der Waals surface area (Å²) in [5, 5.41) is 4.16. The monoisotopic (exact) mass is 395 g/mol. The van der Waals surface area contributed by atoms with Gasteiger partial charge in [0.2, 0.25) is 10.0 Å². The lowest BCUT2D eigenvalue weighted by Gasteiger charge is -2.08. The number of halogens is 2. The van der Waals surface area contributed by atoms with Crippen molar-refractivity contribution < 1.29 is 17.5 Å². The zero-order valence-corrected chi connectivity index (χ0v) is 15.0. The van der Waals surface area contributed by atoms with Gasteiger partial charge in [0.1, 0.15) is 11.6 Å². The van der Waals surface area contributed by atoms with Crippen LogP contribution in [0.4, 0.5) is 10.1 Å². The number of nitrogens with one attached hydrogen (secondary N) is 1. The highest BCUT2D eigenvalue weighted by molar-refractivity contribution is 7.91. The van der Waals surface area contributed by atoms with Crippen molar-refractivity contribution in [2.75, 3.05) is 4.72 Å². The van der Waals surface area contributed by atoms with E-state index >= 15 is 0 Å². The Morgan fingerprint density at radius 1 is 1.19 bits per heavy atom. The fraction of sp³-hybridized carbons (Fsp3) is 0.118. The molecule has 0 amide bonds. The zero-order valence-electron chi connectivity index (χ0n) is 13.5. The summed E-state index contributed by atoms with van der Waals surface area (Å²) in [5.74, 6) is -0.299. The minimum Gasteiger partial charge on any atom is -0.470 e. The minimum absolute atomic E-state index is 0.00817. The number of anilines is 1. The maximum atomic E-state index is 13.0. The van der Waals surface area contributed by atoms with Crippen LogP contribution in [0.1, 0.15) is 5.56 Å². The molecule has 0 saturated heterocycles. The summed E-state index contributed by atoms with van der Waals surface area (Å²) in [4.78, 5) is 0. The Kier molecular flexibility index (Phi) is 5.43. The molecule has 3 rings (SSSR count). The van der Waals surface area contributed by atoms with Crippen LogP contribution in [0.5, 0.6) is 5.75 Å². The summed E-state index contributed by atoms with van der Waals surface area (Å²) in [6.07, 6.45) is 2.86. The molecular weight excluding hydrogens is 381 g/mol. The Balaban J connectivity index is 1.60. The van der Waals surface area contributed by atoms with Gasteiger partial charge in [-0.1, -0.05) is 41.9 Å². The second-order valence-electron chi connectivity index (χ2n) is 5.46. The highest BCUT2D eigenvalue weighted by Gasteiger charge is 2.13. The summed E-state index contributed by atoms with van der Waals surface area (Å²) in [6, 6.07) is 12.6. The molecule has 9 heteroatoms. The molecule has 2 aromatic carbocycles. The van der Waals surface area contributed by atoms with Crippen molar-refractivity contribution >= 4 is 27.3 Å². The molecule has 0 saturated carbocycles. The molecule has 0 atom stereocenters. The van der Waals surface area contributed by atoms with Crippen molar-refractivity contribution in [1.29, 1.82) is 0 Å². The second kappa shape index (κ2) is 7.76. The number of sulfonamides is 1. The molecule has 0 radical (unpaired) electrons. The summed E-state index contributed by atoms with van der Waals surface area (Å²) in [5.41, 5.74) is 0.997. The van der Waals surface area contributed by atoms with E-state index in [4.69, 9.17) is 16.3 Å². The second-order valence-corrected chi connectivity index (χ2v) is 7.59. The van der Waals surface area contributed by atoms with E-state index in [1.165, 1.54) is 29.2 Å². The van der Waals surface area contributed by atoms with Gasteiger partial charge < -0.3 is 4.74 Å². The zero-order chi connectivity index (χ0) is 18.6. The molecule has 0 spiro atoms. The van der Waals surface area contributed by atoms with Gasteiger partial charge in [-0.3, -0.25) is 4.72 Å². The highest BCUT2D eigenvalue weighted by Crippen LogP contribution is 2.25. The first-order valence-electron chi connectivity index (χ1n) is 7.56. The fourth-order valence-corrected chi connectivity index (χ4v) is 3.61. The molecule has 6 nitrogen and oxygen atoms in total. The molecule has 3 aromatic rings. The lowest BCUT2D eigenvalue weighted by atomic mass is 10.2. The van der Waals surface area contributed by atoms with Gasteiger partial charge in [-0.15, -0.1) is 0 Å². The molecule has 0 aliphatic rings. The molecular formula is C17H15ClFN3O3S. The number of benzene rings is 2. The molecule has 1 N–H and O–H groups in total. The number of hydrogen-bond acceptors (Lipinski definition) is 4. The Morgan fingerprint density at radius 2 is 1.96 bits per heavy atom. The first kappa shape index (κ1) is 18.2. The van der Waals surface area contributed by atoms with Crippen LogP contribution in [0.15, 0.2) is 60.9 Å². The molecule has 0 fully saturated rings. The SMILES string of the molecule is O=S(=O)(Cc1ccccc1)Nc1cnn(COc2ccc(F)cc2Cl)c1. The van der Waals surface area contributed by atoms with Crippen molar-refractivity contribution in [2.45, 2.75) is 12.5 Å². The first-order valence-corrected chi connectivity index (χ1v) is 9.59. The maximum absolute atomic E-state index is 13.0. The van der Waals surface area contributed by atoms with Gasteiger partial charge in [-0.05, 0) is 23.8 Å². The van der Waals surface area contributed by atoms with E-state index in [1.807, 2.05) is 6.07 Å². The van der Waals surface area contributed by atoms with Crippen molar-refractivity contribution in [3.8, 4) is 5.75 Å². The molecule has 26 heavy (non-hydrogen) atoms. The van der Waals surface area contributed by atoms with Crippen molar-refractivity contribution in [3.05, 3.63) is 77.3 Å². The average Bonchev–Trinajstić information content (AvgIpc) is 3.01. The van der Waals surface area contributed by atoms with E-state index in [1.54, 1.807) is 24.3 Å². The van der Waals surface area contributed by atoms with Crippen molar-refractivity contribution in [2.24, 2.45) is 0 Å². The summed E-state index contributed by atoms with van der Waals surface area (Å²) < 4.78 is 46.7. The number of rotatable bonds is 7. The van der Waals surface area contributed by atoms with E-state index < -0.39 is 15.8 Å². The first-order chi connectivity index (χ1) is 12.4. The van der Waals surface area contributed by atoms with Crippen LogP contribution in [0.2, 0.25) is 5.02 Å². The molecule has 0 aliphatic carbocycles. The van der Waals surface area contributed by atoms with E-state index in [2.05, 4.69) is 9.82 Å². The molecule has 1 heterocycles. The fourth-order valence-electron chi connectivity index (χ4n) is 2.22. The summed E-state index contributed by atoms with van der Waals surface area (Å²) in [6.45, 7) is -0.00817. The topological polar surface area (TPSA) is 73.2 Å². The van der Waals surface area contributed by atoms with E-state index in [0.717, 1.165) is 6.07 Å². The van der Waals surface area contributed by atoms with Gasteiger partial charge in [0.15, 0.2) is 6.73 Å². The normalized spacial score (nSPS) is 11.3. The average molecular weight is 396 g/mol. The molecule has 0 aliphatic heterocycles. The van der Waals surface area contributed by atoms with Crippen LogP contribution in [0.3, 0.4) is 0 Å². The lowest BCUT2D eigenvalue weighted by Crippen LogP contribution is -2.14. The third-order valence-electron chi connectivity index (χ3n) is 3.35. The van der Waals surface area contributed by atoms with E-state index in [0.29, 0.717) is 17.0 Å². The van der Waals surface area contributed by atoms with Crippen LogP contribution in [-0.2, 0) is 22.5 Å². The van der Waals surface area contributed by atoms with Gasteiger partial charge in [-0.2, -0.15) is 5.10 Å². The Labute approximate surface area is 155 Å².